The van der Waals surface area contributed by atoms with Gasteiger partial charge in [-0.05, 0) is 6.92 Å². The fraction of sp³-hybridized carbons (Fsp3) is 0.692. The average Bonchev–Trinajstić information content (AvgIpc) is 2.37. The molecular formula is C13H24N4O. The molecule has 0 saturated heterocycles. The summed E-state index contributed by atoms with van der Waals surface area (Å²) < 4.78 is 0. The van der Waals surface area contributed by atoms with E-state index in [1.165, 1.54) is 0 Å². The summed E-state index contributed by atoms with van der Waals surface area (Å²) in [7, 11) is 0. The maximum Gasteiger partial charge on any atom is 0.132 e. The summed E-state index contributed by atoms with van der Waals surface area (Å²) in [6, 6.07) is 1.90. The number of aliphatic hydroxyl groups is 1. The van der Waals surface area contributed by atoms with Gasteiger partial charge in [-0.3, -0.25) is 0 Å². The summed E-state index contributed by atoms with van der Waals surface area (Å²) in [5.41, 5.74) is -0.157. The van der Waals surface area contributed by atoms with E-state index in [1.54, 1.807) is 0 Å². The molecule has 1 heterocycles. The third kappa shape index (κ3) is 4.49. The van der Waals surface area contributed by atoms with E-state index >= 15 is 0 Å². The predicted octanol–water partition coefficient (Wildman–Crippen LogP) is 1.90. The molecule has 102 valence electrons. The molecule has 0 radical (unpaired) electrons. The Bertz CT molecular complexity index is 379. The van der Waals surface area contributed by atoms with Gasteiger partial charge in [-0.2, -0.15) is 0 Å². The van der Waals surface area contributed by atoms with E-state index in [2.05, 4.69) is 20.6 Å². The van der Waals surface area contributed by atoms with Gasteiger partial charge in [0.15, 0.2) is 0 Å². The van der Waals surface area contributed by atoms with E-state index in [1.807, 2.05) is 33.8 Å². The van der Waals surface area contributed by atoms with Crippen LogP contribution in [-0.4, -0.2) is 34.8 Å². The van der Waals surface area contributed by atoms with Crippen molar-refractivity contribution >= 4 is 11.6 Å². The minimum absolute atomic E-state index is 0.145. The van der Waals surface area contributed by atoms with Crippen LogP contribution >= 0.6 is 0 Å². The quantitative estimate of drug-likeness (QED) is 0.691. The maximum atomic E-state index is 9.23. The third-order valence-corrected chi connectivity index (χ3v) is 2.62. The SMILES string of the molecule is CCNc1cc(NCC(C)(C)CO)nc(CC)n1. The first-order chi connectivity index (χ1) is 8.50. The Morgan fingerprint density at radius 3 is 2.28 bits per heavy atom. The first kappa shape index (κ1) is 14.7. The minimum Gasteiger partial charge on any atom is -0.396 e. The highest BCUT2D eigenvalue weighted by Gasteiger charge is 2.16. The molecule has 18 heavy (non-hydrogen) atoms. The molecule has 0 aliphatic heterocycles. The van der Waals surface area contributed by atoms with Crippen molar-refractivity contribution in [3.8, 4) is 0 Å². The molecule has 0 amide bonds. The lowest BCUT2D eigenvalue weighted by atomic mass is 9.95. The van der Waals surface area contributed by atoms with Gasteiger partial charge in [-0.15, -0.1) is 0 Å². The smallest absolute Gasteiger partial charge is 0.132 e. The Balaban J connectivity index is 2.78. The fourth-order valence-electron chi connectivity index (χ4n) is 1.40. The van der Waals surface area contributed by atoms with Gasteiger partial charge in [0.2, 0.25) is 0 Å². The molecule has 1 rings (SSSR count). The van der Waals surface area contributed by atoms with Crippen molar-refractivity contribution in [1.29, 1.82) is 0 Å². The zero-order chi connectivity index (χ0) is 13.6. The maximum absolute atomic E-state index is 9.23. The summed E-state index contributed by atoms with van der Waals surface area (Å²) in [4.78, 5) is 8.82. The molecule has 3 N–H and O–H groups in total. The number of hydrogen-bond acceptors (Lipinski definition) is 5. The Morgan fingerprint density at radius 2 is 1.78 bits per heavy atom. The second-order valence-electron chi connectivity index (χ2n) is 5.11. The van der Waals surface area contributed by atoms with Crippen molar-refractivity contribution in [3.05, 3.63) is 11.9 Å². The zero-order valence-electron chi connectivity index (χ0n) is 11.7. The lowest BCUT2D eigenvalue weighted by molar-refractivity contribution is 0.170. The normalized spacial score (nSPS) is 11.4. The van der Waals surface area contributed by atoms with Crippen LogP contribution < -0.4 is 10.6 Å². The standard InChI is InChI=1S/C13H24N4O/c1-5-10-16-11(14-6-2)7-12(17-10)15-8-13(3,4)9-18/h7,18H,5-6,8-9H2,1-4H3,(H2,14,15,16,17). The topological polar surface area (TPSA) is 70.1 Å². The number of rotatable bonds is 7. The molecule has 0 atom stereocenters. The van der Waals surface area contributed by atoms with E-state index in [-0.39, 0.29) is 12.0 Å². The van der Waals surface area contributed by atoms with Crippen LogP contribution in [0.3, 0.4) is 0 Å². The summed E-state index contributed by atoms with van der Waals surface area (Å²) >= 11 is 0. The summed E-state index contributed by atoms with van der Waals surface area (Å²) in [5, 5.41) is 15.7. The molecule has 5 nitrogen and oxygen atoms in total. The van der Waals surface area contributed by atoms with Gasteiger partial charge < -0.3 is 15.7 Å². The number of nitrogens with one attached hydrogen (secondary N) is 2. The summed E-state index contributed by atoms with van der Waals surface area (Å²) in [6.07, 6.45) is 0.803. The van der Waals surface area contributed by atoms with Gasteiger partial charge in [0.05, 0.1) is 0 Å². The highest BCUT2D eigenvalue weighted by atomic mass is 16.3. The van der Waals surface area contributed by atoms with Crippen molar-refractivity contribution in [3.63, 3.8) is 0 Å². The summed E-state index contributed by atoms with van der Waals surface area (Å²) in [6.45, 7) is 9.74. The van der Waals surface area contributed by atoms with E-state index in [0.29, 0.717) is 6.54 Å². The van der Waals surface area contributed by atoms with Crippen molar-refractivity contribution in [2.24, 2.45) is 5.41 Å². The molecule has 1 aromatic rings. The Labute approximate surface area is 109 Å². The van der Waals surface area contributed by atoms with Crippen molar-refractivity contribution < 1.29 is 5.11 Å². The van der Waals surface area contributed by atoms with Crippen LogP contribution in [-0.2, 0) is 6.42 Å². The molecule has 5 heteroatoms. The Kier molecular flexibility index (Phi) is 5.34. The molecule has 0 spiro atoms. The first-order valence-corrected chi connectivity index (χ1v) is 6.47. The van der Waals surface area contributed by atoms with Gasteiger partial charge in [0.25, 0.3) is 0 Å². The number of aromatic nitrogens is 2. The van der Waals surface area contributed by atoms with Crippen LogP contribution in [0.5, 0.6) is 0 Å². The number of anilines is 2. The lowest BCUT2D eigenvalue weighted by Gasteiger charge is -2.22. The van der Waals surface area contributed by atoms with Crippen LogP contribution in [0.1, 0.15) is 33.5 Å². The first-order valence-electron chi connectivity index (χ1n) is 6.47. The number of aryl methyl sites for hydroxylation is 1. The monoisotopic (exact) mass is 252 g/mol. The molecule has 0 aliphatic rings. The second kappa shape index (κ2) is 6.54. The molecule has 1 aromatic heterocycles. The zero-order valence-corrected chi connectivity index (χ0v) is 11.7. The van der Waals surface area contributed by atoms with E-state index in [9.17, 15) is 5.11 Å². The molecule has 0 aliphatic carbocycles. The van der Waals surface area contributed by atoms with E-state index < -0.39 is 0 Å². The molecule has 0 saturated carbocycles. The summed E-state index contributed by atoms with van der Waals surface area (Å²) in [5.74, 6) is 2.46. The van der Waals surface area contributed by atoms with Gasteiger partial charge in [0, 0.05) is 37.6 Å². The molecule has 0 fully saturated rings. The molecule has 0 aromatic carbocycles. The lowest BCUT2D eigenvalue weighted by Crippen LogP contribution is -2.27. The largest absolute Gasteiger partial charge is 0.396 e. The Hall–Kier alpha value is -1.36. The highest BCUT2D eigenvalue weighted by Crippen LogP contribution is 2.17. The third-order valence-electron chi connectivity index (χ3n) is 2.62. The molecular weight excluding hydrogens is 228 g/mol. The van der Waals surface area contributed by atoms with Crippen LogP contribution in [0.4, 0.5) is 11.6 Å². The Morgan fingerprint density at radius 1 is 1.17 bits per heavy atom. The van der Waals surface area contributed by atoms with Gasteiger partial charge in [-0.1, -0.05) is 20.8 Å². The van der Waals surface area contributed by atoms with Gasteiger partial charge in [-0.25, -0.2) is 9.97 Å². The van der Waals surface area contributed by atoms with Crippen LogP contribution in [0, 0.1) is 5.41 Å². The highest BCUT2D eigenvalue weighted by molar-refractivity contribution is 5.47. The van der Waals surface area contributed by atoms with Crippen LogP contribution in [0.25, 0.3) is 0 Å². The number of aliphatic hydroxyl groups excluding tert-OH is 1. The van der Waals surface area contributed by atoms with E-state index in [0.717, 1.165) is 30.4 Å². The van der Waals surface area contributed by atoms with E-state index in [4.69, 9.17) is 0 Å². The minimum atomic E-state index is -0.157. The second-order valence-corrected chi connectivity index (χ2v) is 5.11. The van der Waals surface area contributed by atoms with Gasteiger partial charge in [0.1, 0.15) is 17.5 Å². The number of hydrogen-bond donors (Lipinski definition) is 3. The van der Waals surface area contributed by atoms with Crippen LogP contribution in [0.2, 0.25) is 0 Å². The molecule has 0 unspecified atom stereocenters. The van der Waals surface area contributed by atoms with Crippen molar-refractivity contribution in [1.82, 2.24) is 9.97 Å². The average molecular weight is 252 g/mol. The predicted molar refractivity (Wildman–Crippen MR) is 74.9 cm³/mol. The van der Waals surface area contributed by atoms with Gasteiger partial charge >= 0.3 is 0 Å². The number of nitrogens with zero attached hydrogens (tertiary/aromatic N) is 2. The van der Waals surface area contributed by atoms with Crippen LogP contribution in [0.15, 0.2) is 6.07 Å². The van der Waals surface area contributed by atoms with Crippen molar-refractivity contribution in [2.45, 2.75) is 34.1 Å². The van der Waals surface area contributed by atoms with Crippen molar-refractivity contribution in [2.75, 3.05) is 30.3 Å². The fourth-order valence-corrected chi connectivity index (χ4v) is 1.40. The molecule has 0 bridgehead atoms.